The molecular formula is C11H15N3O2. The molecule has 0 aliphatic rings. The van der Waals surface area contributed by atoms with Gasteiger partial charge in [0.2, 0.25) is 0 Å². The number of hydrogen-bond donors (Lipinski definition) is 2. The van der Waals surface area contributed by atoms with Gasteiger partial charge in [-0.25, -0.2) is 0 Å². The predicted octanol–water partition coefficient (Wildman–Crippen LogP) is 1.83. The van der Waals surface area contributed by atoms with Crippen LogP contribution in [0.1, 0.15) is 5.56 Å². The Balaban J connectivity index is 2.71. The van der Waals surface area contributed by atoms with Crippen molar-refractivity contribution in [2.45, 2.75) is 6.92 Å². The first-order valence-corrected chi connectivity index (χ1v) is 4.99. The fraction of sp³-hybridized carbons (Fsp3) is 0.273. The minimum absolute atomic E-state index is 0.132. The minimum atomic E-state index is -0.379. The molecule has 5 heteroatoms. The standard InChI is InChI=1S/C11H15N3O2/c1-9-4-5-10(8-11(9)14(15)16)13-7-3-2-6-12/h2-5,8,13H,6-7,12H2,1H3/b3-2+. The van der Waals surface area contributed by atoms with Crippen LogP contribution in [0.5, 0.6) is 0 Å². The molecule has 0 aromatic heterocycles. The molecule has 0 aliphatic heterocycles. The quantitative estimate of drug-likeness (QED) is 0.451. The summed E-state index contributed by atoms with van der Waals surface area (Å²) in [6.07, 6.45) is 3.71. The molecule has 16 heavy (non-hydrogen) atoms. The molecule has 0 amide bonds. The van der Waals surface area contributed by atoms with E-state index in [1.807, 2.05) is 18.2 Å². The molecule has 0 fully saturated rings. The van der Waals surface area contributed by atoms with Crippen LogP contribution >= 0.6 is 0 Å². The van der Waals surface area contributed by atoms with Gasteiger partial charge in [-0.15, -0.1) is 0 Å². The Bertz CT molecular complexity index is 402. The normalized spacial score (nSPS) is 10.6. The maximum absolute atomic E-state index is 10.7. The fourth-order valence-electron chi connectivity index (χ4n) is 1.27. The Kier molecular flexibility index (Phi) is 4.47. The number of nitrogens with two attached hydrogens (primary N) is 1. The number of nitro benzene ring substituents is 1. The Morgan fingerprint density at radius 3 is 2.88 bits per heavy atom. The maximum Gasteiger partial charge on any atom is 0.274 e. The number of nitrogens with zero attached hydrogens (tertiary/aromatic N) is 1. The number of rotatable bonds is 5. The molecule has 1 aromatic rings. The van der Waals surface area contributed by atoms with Crippen LogP contribution in [0.3, 0.4) is 0 Å². The van der Waals surface area contributed by atoms with Crippen LogP contribution in [0.2, 0.25) is 0 Å². The van der Waals surface area contributed by atoms with Gasteiger partial charge < -0.3 is 11.1 Å². The van der Waals surface area contributed by atoms with Crippen molar-refractivity contribution in [3.63, 3.8) is 0 Å². The number of anilines is 1. The summed E-state index contributed by atoms with van der Waals surface area (Å²) in [4.78, 5) is 10.3. The highest BCUT2D eigenvalue weighted by Crippen LogP contribution is 2.21. The molecule has 0 saturated heterocycles. The Morgan fingerprint density at radius 2 is 2.25 bits per heavy atom. The van der Waals surface area contributed by atoms with Crippen LogP contribution < -0.4 is 11.1 Å². The second-order valence-electron chi connectivity index (χ2n) is 3.35. The van der Waals surface area contributed by atoms with Gasteiger partial charge in [-0.3, -0.25) is 10.1 Å². The number of aryl methyl sites for hydroxylation is 1. The molecule has 3 N–H and O–H groups in total. The zero-order chi connectivity index (χ0) is 12.0. The number of benzene rings is 1. The molecule has 5 nitrogen and oxygen atoms in total. The van der Waals surface area contributed by atoms with Gasteiger partial charge >= 0.3 is 0 Å². The van der Waals surface area contributed by atoms with Crippen molar-refractivity contribution in [1.29, 1.82) is 0 Å². The Morgan fingerprint density at radius 1 is 1.50 bits per heavy atom. The highest BCUT2D eigenvalue weighted by Gasteiger charge is 2.10. The zero-order valence-corrected chi connectivity index (χ0v) is 9.14. The third-order valence-electron chi connectivity index (χ3n) is 2.13. The molecule has 86 valence electrons. The third kappa shape index (κ3) is 3.36. The van der Waals surface area contributed by atoms with E-state index in [1.54, 1.807) is 13.0 Å². The molecule has 0 unspecified atom stereocenters. The number of nitro groups is 1. The molecule has 1 aromatic carbocycles. The van der Waals surface area contributed by atoms with Crippen LogP contribution in [-0.4, -0.2) is 18.0 Å². The summed E-state index contributed by atoms with van der Waals surface area (Å²) >= 11 is 0. The van der Waals surface area contributed by atoms with E-state index in [0.29, 0.717) is 18.7 Å². The lowest BCUT2D eigenvalue weighted by molar-refractivity contribution is -0.385. The summed E-state index contributed by atoms with van der Waals surface area (Å²) in [5, 5.41) is 13.8. The van der Waals surface area contributed by atoms with Crippen molar-refractivity contribution < 1.29 is 4.92 Å². The van der Waals surface area contributed by atoms with E-state index in [1.165, 1.54) is 6.07 Å². The van der Waals surface area contributed by atoms with Crippen LogP contribution in [-0.2, 0) is 0 Å². The highest BCUT2D eigenvalue weighted by atomic mass is 16.6. The van der Waals surface area contributed by atoms with E-state index in [9.17, 15) is 10.1 Å². The van der Waals surface area contributed by atoms with E-state index in [-0.39, 0.29) is 10.6 Å². The zero-order valence-electron chi connectivity index (χ0n) is 9.14. The fourth-order valence-corrected chi connectivity index (χ4v) is 1.27. The molecule has 0 heterocycles. The average Bonchev–Trinajstić information content (AvgIpc) is 2.26. The highest BCUT2D eigenvalue weighted by molar-refractivity contribution is 5.55. The van der Waals surface area contributed by atoms with Crippen molar-refractivity contribution in [3.8, 4) is 0 Å². The maximum atomic E-state index is 10.7. The van der Waals surface area contributed by atoms with Crippen molar-refractivity contribution in [3.05, 3.63) is 46.0 Å². The summed E-state index contributed by atoms with van der Waals surface area (Å²) in [6, 6.07) is 5.08. The van der Waals surface area contributed by atoms with Gasteiger partial charge in [0, 0.05) is 30.4 Å². The molecule has 0 aliphatic carbocycles. The molecule has 0 spiro atoms. The SMILES string of the molecule is Cc1ccc(NC/C=C/CN)cc1[N+](=O)[O-]. The van der Waals surface area contributed by atoms with Gasteiger partial charge in [0.05, 0.1) is 4.92 Å². The third-order valence-corrected chi connectivity index (χ3v) is 2.13. The summed E-state index contributed by atoms with van der Waals surface area (Å²) in [5.74, 6) is 0. The van der Waals surface area contributed by atoms with Crippen LogP contribution in [0.15, 0.2) is 30.4 Å². The van der Waals surface area contributed by atoms with Crippen molar-refractivity contribution in [1.82, 2.24) is 0 Å². The van der Waals surface area contributed by atoms with Crippen LogP contribution in [0, 0.1) is 17.0 Å². The Hall–Kier alpha value is -1.88. The molecule has 0 saturated carbocycles. The van der Waals surface area contributed by atoms with E-state index >= 15 is 0 Å². The summed E-state index contributed by atoms with van der Waals surface area (Å²) in [7, 11) is 0. The largest absolute Gasteiger partial charge is 0.381 e. The minimum Gasteiger partial charge on any atom is -0.381 e. The molecule has 0 radical (unpaired) electrons. The van der Waals surface area contributed by atoms with Crippen LogP contribution in [0.25, 0.3) is 0 Å². The molecule has 1 rings (SSSR count). The van der Waals surface area contributed by atoms with E-state index < -0.39 is 0 Å². The van der Waals surface area contributed by atoms with E-state index in [2.05, 4.69) is 5.32 Å². The van der Waals surface area contributed by atoms with Crippen molar-refractivity contribution >= 4 is 11.4 Å². The van der Waals surface area contributed by atoms with Gasteiger partial charge in [0.15, 0.2) is 0 Å². The lowest BCUT2D eigenvalue weighted by Crippen LogP contribution is -2.01. The average molecular weight is 221 g/mol. The van der Waals surface area contributed by atoms with E-state index in [0.717, 1.165) is 5.69 Å². The topological polar surface area (TPSA) is 81.2 Å². The second-order valence-corrected chi connectivity index (χ2v) is 3.35. The first-order chi connectivity index (χ1) is 7.65. The molecular weight excluding hydrogens is 206 g/mol. The van der Waals surface area contributed by atoms with Crippen LogP contribution in [0.4, 0.5) is 11.4 Å². The van der Waals surface area contributed by atoms with Gasteiger partial charge in [0.25, 0.3) is 5.69 Å². The van der Waals surface area contributed by atoms with Gasteiger partial charge in [0.1, 0.15) is 0 Å². The van der Waals surface area contributed by atoms with Gasteiger partial charge in [-0.2, -0.15) is 0 Å². The van der Waals surface area contributed by atoms with Crippen molar-refractivity contribution in [2.75, 3.05) is 18.4 Å². The number of hydrogen-bond acceptors (Lipinski definition) is 4. The number of nitrogens with one attached hydrogen (secondary N) is 1. The van der Waals surface area contributed by atoms with Gasteiger partial charge in [-0.1, -0.05) is 18.2 Å². The first kappa shape index (κ1) is 12.2. The van der Waals surface area contributed by atoms with Crippen molar-refractivity contribution in [2.24, 2.45) is 5.73 Å². The smallest absolute Gasteiger partial charge is 0.274 e. The lowest BCUT2D eigenvalue weighted by atomic mass is 10.2. The second kappa shape index (κ2) is 5.87. The summed E-state index contributed by atoms with van der Waals surface area (Å²) in [5.41, 5.74) is 6.82. The summed E-state index contributed by atoms with van der Waals surface area (Å²) in [6.45, 7) is 2.82. The summed E-state index contributed by atoms with van der Waals surface area (Å²) < 4.78 is 0. The molecule has 0 atom stereocenters. The van der Waals surface area contributed by atoms with E-state index in [4.69, 9.17) is 5.73 Å². The molecule has 0 bridgehead atoms. The predicted molar refractivity (Wildman–Crippen MR) is 64.5 cm³/mol. The lowest BCUT2D eigenvalue weighted by Gasteiger charge is -2.04. The monoisotopic (exact) mass is 221 g/mol. The van der Waals surface area contributed by atoms with Gasteiger partial charge in [-0.05, 0) is 13.0 Å². The first-order valence-electron chi connectivity index (χ1n) is 4.99. The Labute approximate surface area is 94.1 Å².